The maximum Gasteiger partial charge on any atom is 0.243 e. The highest BCUT2D eigenvalue weighted by molar-refractivity contribution is 5.93. The average Bonchev–Trinajstić information content (AvgIpc) is 2.38. The summed E-state index contributed by atoms with van der Waals surface area (Å²) in [5.41, 5.74) is 0.598. The first-order valence-corrected chi connectivity index (χ1v) is 5.78. The highest BCUT2D eigenvalue weighted by Crippen LogP contribution is 2.13. The number of rotatable bonds is 4. The Labute approximate surface area is 113 Å². The summed E-state index contributed by atoms with van der Waals surface area (Å²) in [7, 11) is 0. The number of halogens is 3. The van der Waals surface area contributed by atoms with Crippen LogP contribution in [0.4, 0.5) is 24.5 Å². The first-order valence-electron chi connectivity index (χ1n) is 5.78. The second-order valence-electron chi connectivity index (χ2n) is 4.07. The molecule has 0 aromatic heterocycles. The zero-order valence-electron chi connectivity index (χ0n) is 10.3. The fraction of sp³-hybridized carbons (Fsp3) is 0.0714. The minimum absolute atomic E-state index is 0.164. The Morgan fingerprint density at radius 3 is 2.05 bits per heavy atom. The standard InChI is InChI=1S/C14H11F3N2O/c15-9-1-3-12(4-2-9)19-14(20)8-18-13-6-10(16)5-11(17)7-13/h1-7,18H,8H2,(H,19,20). The zero-order chi connectivity index (χ0) is 14.5. The molecule has 0 unspecified atom stereocenters. The quantitative estimate of drug-likeness (QED) is 0.903. The van der Waals surface area contributed by atoms with Crippen molar-refractivity contribution in [2.45, 2.75) is 0 Å². The van der Waals surface area contributed by atoms with Gasteiger partial charge in [-0.2, -0.15) is 0 Å². The first kappa shape index (κ1) is 13.9. The van der Waals surface area contributed by atoms with Crippen molar-refractivity contribution in [3.05, 3.63) is 59.9 Å². The second kappa shape index (κ2) is 6.10. The van der Waals surface area contributed by atoms with Crippen LogP contribution in [0.5, 0.6) is 0 Å². The fourth-order valence-corrected chi connectivity index (χ4v) is 1.58. The van der Waals surface area contributed by atoms with Gasteiger partial charge in [0.15, 0.2) is 0 Å². The third-order valence-electron chi connectivity index (χ3n) is 2.44. The van der Waals surface area contributed by atoms with Gasteiger partial charge in [-0.25, -0.2) is 13.2 Å². The summed E-state index contributed by atoms with van der Waals surface area (Å²) in [5, 5.41) is 5.10. The number of anilines is 2. The van der Waals surface area contributed by atoms with Gasteiger partial charge in [0.25, 0.3) is 0 Å². The predicted octanol–water partition coefficient (Wildman–Crippen LogP) is 3.15. The number of nitrogens with one attached hydrogen (secondary N) is 2. The van der Waals surface area contributed by atoms with Crippen LogP contribution in [0.2, 0.25) is 0 Å². The van der Waals surface area contributed by atoms with Crippen molar-refractivity contribution in [1.82, 2.24) is 0 Å². The van der Waals surface area contributed by atoms with E-state index in [4.69, 9.17) is 0 Å². The number of benzene rings is 2. The van der Waals surface area contributed by atoms with Crippen molar-refractivity contribution >= 4 is 17.3 Å². The van der Waals surface area contributed by atoms with E-state index in [2.05, 4.69) is 10.6 Å². The summed E-state index contributed by atoms with van der Waals surface area (Å²) in [6, 6.07) is 8.15. The van der Waals surface area contributed by atoms with Crippen LogP contribution in [-0.4, -0.2) is 12.5 Å². The molecule has 0 aliphatic rings. The van der Waals surface area contributed by atoms with E-state index < -0.39 is 23.4 Å². The van der Waals surface area contributed by atoms with Crippen molar-refractivity contribution in [1.29, 1.82) is 0 Å². The van der Waals surface area contributed by atoms with Crippen molar-refractivity contribution in [2.75, 3.05) is 17.2 Å². The molecular formula is C14H11F3N2O. The van der Waals surface area contributed by atoms with Crippen LogP contribution in [0.25, 0.3) is 0 Å². The van der Waals surface area contributed by atoms with Crippen LogP contribution in [-0.2, 0) is 4.79 Å². The SMILES string of the molecule is O=C(CNc1cc(F)cc(F)c1)Nc1ccc(F)cc1. The van der Waals surface area contributed by atoms with Gasteiger partial charge in [-0.05, 0) is 36.4 Å². The monoisotopic (exact) mass is 280 g/mol. The summed E-state index contributed by atoms with van der Waals surface area (Å²) in [6.07, 6.45) is 0. The third-order valence-corrected chi connectivity index (χ3v) is 2.44. The number of hydrogen-bond acceptors (Lipinski definition) is 2. The van der Waals surface area contributed by atoms with E-state index in [1.807, 2.05) is 0 Å². The first-order chi connectivity index (χ1) is 9.52. The molecule has 0 atom stereocenters. The molecule has 20 heavy (non-hydrogen) atoms. The number of carbonyl (C=O) groups excluding carboxylic acids is 1. The molecule has 0 bridgehead atoms. The predicted molar refractivity (Wildman–Crippen MR) is 69.9 cm³/mol. The number of carbonyl (C=O) groups is 1. The fourth-order valence-electron chi connectivity index (χ4n) is 1.58. The lowest BCUT2D eigenvalue weighted by Crippen LogP contribution is -2.21. The second-order valence-corrected chi connectivity index (χ2v) is 4.07. The van der Waals surface area contributed by atoms with Crippen LogP contribution >= 0.6 is 0 Å². The molecule has 2 aromatic rings. The van der Waals surface area contributed by atoms with Crippen LogP contribution in [0.1, 0.15) is 0 Å². The van der Waals surface area contributed by atoms with E-state index >= 15 is 0 Å². The molecule has 104 valence electrons. The topological polar surface area (TPSA) is 41.1 Å². The minimum atomic E-state index is -0.730. The Morgan fingerprint density at radius 2 is 1.45 bits per heavy atom. The van der Waals surface area contributed by atoms with E-state index in [0.717, 1.165) is 18.2 Å². The highest BCUT2D eigenvalue weighted by atomic mass is 19.1. The van der Waals surface area contributed by atoms with Gasteiger partial charge in [-0.1, -0.05) is 0 Å². The summed E-state index contributed by atoms with van der Waals surface area (Å²) in [4.78, 5) is 11.6. The number of amides is 1. The highest BCUT2D eigenvalue weighted by Gasteiger charge is 2.04. The lowest BCUT2D eigenvalue weighted by molar-refractivity contribution is -0.114. The van der Waals surface area contributed by atoms with Gasteiger partial charge in [0.05, 0.1) is 6.54 Å². The Morgan fingerprint density at radius 1 is 0.850 bits per heavy atom. The van der Waals surface area contributed by atoms with Crippen LogP contribution < -0.4 is 10.6 Å². The lowest BCUT2D eigenvalue weighted by Gasteiger charge is -2.08. The maximum absolute atomic E-state index is 12.9. The van der Waals surface area contributed by atoms with E-state index in [1.54, 1.807) is 0 Å². The van der Waals surface area contributed by atoms with Gasteiger partial charge < -0.3 is 10.6 Å². The molecule has 2 rings (SSSR count). The molecule has 0 aliphatic carbocycles. The lowest BCUT2D eigenvalue weighted by atomic mass is 10.3. The third kappa shape index (κ3) is 4.01. The van der Waals surface area contributed by atoms with Crippen molar-refractivity contribution in [3.8, 4) is 0 Å². The Balaban J connectivity index is 1.90. The molecule has 0 aliphatic heterocycles. The van der Waals surface area contributed by atoms with Gasteiger partial charge >= 0.3 is 0 Å². The molecule has 0 spiro atoms. The average molecular weight is 280 g/mol. The van der Waals surface area contributed by atoms with Crippen LogP contribution in [0, 0.1) is 17.5 Å². The normalized spacial score (nSPS) is 10.2. The zero-order valence-corrected chi connectivity index (χ0v) is 10.3. The minimum Gasteiger partial charge on any atom is -0.376 e. The smallest absolute Gasteiger partial charge is 0.243 e. The molecule has 2 aromatic carbocycles. The molecule has 0 saturated carbocycles. The van der Waals surface area contributed by atoms with E-state index in [-0.39, 0.29) is 12.2 Å². The van der Waals surface area contributed by atoms with Crippen LogP contribution in [0.3, 0.4) is 0 Å². The Bertz CT molecular complexity index is 594. The van der Waals surface area contributed by atoms with Gasteiger partial charge in [-0.15, -0.1) is 0 Å². The molecule has 2 N–H and O–H groups in total. The van der Waals surface area contributed by atoms with Crippen molar-refractivity contribution < 1.29 is 18.0 Å². The van der Waals surface area contributed by atoms with E-state index in [1.165, 1.54) is 24.3 Å². The van der Waals surface area contributed by atoms with E-state index in [0.29, 0.717) is 5.69 Å². The molecule has 0 radical (unpaired) electrons. The Hall–Kier alpha value is -2.50. The summed E-state index contributed by atoms with van der Waals surface area (Å²) < 4.78 is 38.5. The largest absolute Gasteiger partial charge is 0.376 e. The molecule has 1 amide bonds. The molecule has 6 heteroatoms. The van der Waals surface area contributed by atoms with Gasteiger partial charge in [0.1, 0.15) is 17.5 Å². The van der Waals surface area contributed by atoms with Gasteiger partial charge in [-0.3, -0.25) is 4.79 Å². The van der Waals surface area contributed by atoms with Crippen LogP contribution in [0.15, 0.2) is 42.5 Å². The molecule has 3 nitrogen and oxygen atoms in total. The van der Waals surface area contributed by atoms with E-state index in [9.17, 15) is 18.0 Å². The Kier molecular flexibility index (Phi) is 4.24. The van der Waals surface area contributed by atoms with Crippen molar-refractivity contribution in [3.63, 3.8) is 0 Å². The van der Waals surface area contributed by atoms with Crippen molar-refractivity contribution in [2.24, 2.45) is 0 Å². The number of hydrogen-bond donors (Lipinski definition) is 2. The molecular weight excluding hydrogens is 269 g/mol. The van der Waals surface area contributed by atoms with Gasteiger partial charge in [0.2, 0.25) is 5.91 Å². The summed E-state index contributed by atoms with van der Waals surface area (Å²) in [5.74, 6) is -2.28. The van der Waals surface area contributed by atoms with Gasteiger partial charge in [0, 0.05) is 17.4 Å². The summed E-state index contributed by atoms with van der Waals surface area (Å²) in [6.45, 7) is -0.166. The maximum atomic E-state index is 12.9. The molecule has 0 saturated heterocycles. The summed E-state index contributed by atoms with van der Waals surface area (Å²) >= 11 is 0. The molecule has 0 fully saturated rings. The molecule has 0 heterocycles.